The molecular formula is C19H22N2O3S. The fourth-order valence-electron chi connectivity index (χ4n) is 4.24. The van der Waals surface area contributed by atoms with Crippen molar-refractivity contribution in [3.8, 4) is 0 Å². The van der Waals surface area contributed by atoms with Crippen LogP contribution in [0.25, 0.3) is 10.8 Å². The van der Waals surface area contributed by atoms with Crippen LogP contribution in [-0.4, -0.2) is 68.4 Å². The van der Waals surface area contributed by atoms with E-state index in [2.05, 4.69) is 0 Å². The molecule has 3 atom stereocenters. The monoisotopic (exact) mass is 358 g/mol. The number of hydrogen-bond donors (Lipinski definition) is 0. The van der Waals surface area contributed by atoms with Crippen LogP contribution in [0.2, 0.25) is 0 Å². The first kappa shape index (κ1) is 16.5. The number of fused-ring (bicyclic) bond motifs is 2. The smallest absolute Gasteiger partial charge is 0.253 e. The molecule has 4 rings (SSSR count). The Kier molecular flexibility index (Phi) is 3.85. The quantitative estimate of drug-likeness (QED) is 0.819. The summed E-state index contributed by atoms with van der Waals surface area (Å²) >= 11 is 0. The average molecular weight is 358 g/mol. The zero-order chi connectivity index (χ0) is 17.8. The molecule has 0 spiro atoms. The van der Waals surface area contributed by atoms with Crippen LogP contribution in [0, 0.1) is 5.92 Å². The molecule has 6 heteroatoms. The Hall–Kier alpha value is -1.92. The third kappa shape index (κ3) is 2.73. The van der Waals surface area contributed by atoms with E-state index in [9.17, 15) is 13.2 Å². The highest BCUT2D eigenvalue weighted by Gasteiger charge is 2.53. The van der Waals surface area contributed by atoms with Crippen LogP contribution in [0.15, 0.2) is 42.5 Å². The van der Waals surface area contributed by atoms with Crippen molar-refractivity contribution in [3.63, 3.8) is 0 Å². The Morgan fingerprint density at radius 1 is 1.08 bits per heavy atom. The van der Waals surface area contributed by atoms with E-state index in [-0.39, 0.29) is 23.6 Å². The summed E-state index contributed by atoms with van der Waals surface area (Å²) < 4.78 is 24.9. The molecule has 0 N–H and O–H groups in total. The minimum Gasteiger partial charge on any atom is -0.337 e. The molecule has 5 nitrogen and oxygen atoms in total. The highest BCUT2D eigenvalue weighted by Crippen LogP contribution is 2.36. The Labute approximate surface area is 148 Å². The highest BCUT2D eigenvalue weighted by atomic mass is 32.2. The topological polar surface area (TPSA) is 57.7 Å². The second-order valence-corrected chi connectivity index (χ2v) is 9.60. The summed E-state index contributed by atoms with van der Waals surface area (Å²) in [6, 6.07) is 13.6. The maximum absolute atomic E-state index is 12.9. The van der Waals surface area contributed by atoms with Gasteiger partial charge in [0.15, 0.2) is 9.84 Å². The lowest BCUT2D eigenvalue weighted by molar-refractivity contribution is 0.0780. The normalized spacial score (nSPS) is 27.8. The van der Waals surface area contributed by atoms with Gasteiger partial charge < -0.3 is 9.80 Å². The Morgan fingerprint density at radius 3 is 2.52 bits per heavy atom. The van der Waals surface area contributed by atoms with Gasteiger partial charge in [0.05, 0.1) is 11.0 Å². The van der Waals surface area contributed by atoms with Gasteiger partial charge in [0.25, 0.3) is 5.91 Å². The van der Waals surface area contributed by atoms with E-state index < -0.39 is 15.1 Å². The average Bonchev–Trinajstić information content (AvgIpc) is 3.13. The molecule has 0 bridgehead atoms. The molecule has 0 radical (unpaired) electrons. The molecule has 2 aromatic carbocycles. The predicted molar refractivity (Wildman–Crippen MR) is 98.4 cm³/mol. The van der Waals surface area contributed by atoms with Crippen LogP contribution >= 0.6 is 0 Å². The lowest BCUT2D eigenvalue weighted by atomic mass is 10.00. The Bertz CT molecular complexity index is 939. The van der Waals surface area contributed by atoms with Gasteiger partial charge in [-0.05, 0) is 37.0 Å². The molecule has 2 aliphatic heterocycles. The summed E-state index contributed by atoms with van der Waals surface area (Å²) in [5.74, 6) is 0.130. The third-order valence-corrected chi connectivity index (χ3v) is 7.84. The number of sulfone groups is 1. The number of amides is 1. The molecule has 0 aromatic heterocycles. The van der Waals surface area contributed by atoms with Gasteiger partial charge in [-0.25, -0.2) is 8.42 Å². The van der Waals surface area contributed by atoms with Crippen LogP contribution < -0.4 is 0 Å². The van der Waals surface area contributed by atoms with Crippen LogP contribution in [0.4, 0.5) is 0 Å². The molecule has 0 saturated carbocycles. The number of likely N-dealkylation sites (tertiary alicyclic amines) is 1. The van der Waals surface area contributed by atoms with Crippen LogP contribution in [-0.2, 0) is 9.84 Å². The number of hydrogen-bond acceptors (Lipinski definition) is 4. The molecule has 2 fully saturated rings. The Morgan fingerprint density at radius 2 is 1.80 bits per heavy atom. The zero-order valence-corrected chi connectivity index (χ0v) is 15.2. The molecule has 2 heterocycles. The summed E-state index contributed by atoms with van der Waals surface area (Å²) in [5.41, 5.74) is 0.623. The lowest BCUT2D eigenvalue weighted by Crippen LogP contribution is -2.38. The van der Waals surface area contributed by atoms with E-state index in [1.165, 1.54) is 0 Å². The van der Waals surface area contributed by atoms with E-state index in [4.69, 9.17) is 0 Å². The summed E-state index contributed by atoms with van der Waals surface area (Å²) in [4.78, 5) is 16.6. The van der Waals surface area contributed by atoms with Crippen molar-refractivity contribution in [1.29, 1.82) is 0 Å². The number of carbonyl (C=O) groups is 1. The standard InChI is InChI=1S/C19H22N2O3S/c1-20(2)17-12-25(23,24)18-11-21(10-16(17)18)19(22)15-8-7-13-5-3-4-6-14(13)9-15/h3-9,16-18H,10-12H2,1-2H3/t16-,17+,18-/m0/s1. The number of nitrogens with zero attached hydrogens (tertiary/aromatic N) is 2. The second-order valence-electron chi connectivity index (χ2n) is 7.33. The van der Waals surface area contributed by atoms with Crippen LogP contribution in [0.5, 0.6) is 0 Å². The van der Waals surface area contributed by atoms with Gasteiger partial charge in [-0.2, -0.15) is 0 Å². The molecule has 132 valence electrons. The first-order chi connectivity index (χ1) is 11.9. The minimum atomic E-state index is -3.14. The maximum Gasteiger partial charge on any atom is 0.253 e. The van der Waals surface area contributed by atoms with E-state index >= 15 is 0 Å². The molecule has 0 aliphatic carbocycles. The van der Waals surface area contributed by atoms with Gasteiger partial charge in [-0.3, -0.25) is 4.79 Å². The fourth-order valence-corrected chi connectivity index (χ4v) is 6.71. The van der Waals surface area contributed by atoms with Crippen molar-refractivity contribution in [3.05, 3.63) is 48.0 Å². The maximum atomic E-state index is 12.9. The minimum absolute atomic E-state index is 0.00408. The number of carbonyl (C=O) groups excluding carboxylic acids is 1. The molecule has 1 amide bonds. The SMILES string of the molecule is CN(C)[C@@H]1CS(=O)(=O)[C@H]2CN(C(=O)c3ccc4ccccc4c3)C[C@@H]12. The van der Waals surface area contributed by atoms with Crippen LogP contribution in [0.1, 0.15) is 10.4 Å². The van der Waals surface area contributed by atoms with Crippen molar-refractivity contribution in [2.45, 2.75) is 11.3 Å². The van der Waals surface area contributed by atoms with Gasteiger partial charge in [0.2, 0.25) is 0 Å². The largest absolute Gasteiger partial charge is 0.337 e. The summed E-state index contributed by atoms with van der Waals surface area (Å²) in [6.07, 6.45) is 0. The summed E-state index contributed by atoms with van der Waals surface area (Å²) in [5, 5.41) is 1.68. The van der Waals surface area contributed by atoms with E-state index in [0.29, 0.717) is 18.7 Å². The Balaban J connectivity index is 1.61. The van der Waals surface area contributed by atoms with E-state index in [1.54, 1.807) is 4.90 Å². The van der Waals surface area contributed by atoms with E-state index in [1.807, 2.05) is 61.5 Å². The van der Waals surface area contributed by atoms with Crippen molar-refractivity contribution >= 4 is 26.5 Å². The fraction of sp³-hybridized carbons (Fsp3) is 0.421. The molecule has 2 saturated heterocycles. The highest BCUT2D eigenvalue weighted by molar-refractivity contribution is 7.92. The summed E-state index contributed by atoms with van der Waals surface area (Å²) in [6.45, 7) is 0.821. The third-order valence-electron chi connectivity index (χ3n) is 5.61. The van der Waals surface area contributed by atoms with E-state index in [0.717, 1.165) is 10.8 Å². The van der Waals surface area contributed by atoms with Gasteiger partial charge >= 0.3 is 0 Å². The van der Waals surface area contributed by atoms with Crippen molar-refractivity contribution in [2.24, 2.45) is 5.92 Å². The molecule has 0 unspecified atom stereocenters. The van der Waals surface area contributed by atoms with Crippen molar-refractivity contribution < 1.29 is 13.2 Å². The molecule has 2 aliphatic rings. The van der Waals surface area contributed by atoms with Crippen LogP contribution in [0.3, 0.4) is 0 Å². The van der Waals surface area contributed by atoms with Gasteiger partial charge in [-0.15, -0.1) is 0 Å². The second kappa shape index (κ2) is 5.81. The molecule has 25 heavy (non-hydrogen) atoms. The van der Waals surface area contributed by atoms with Gasteiger partial charge in [-0.1, -0.05) is 30.3 Å². The summed E-state index contributed by atoms with van der Waals surface area (Å²) in [7, 11) is 0.689. The first-order valence-electron chi connectivity index (χ1n) is 8.53. The lowest BCUT2D eigenvalue weighted by Gasteiger charge is -2.25. The number of rotatable bonds is 2. The molecular weight excluding hydrogens is 336 g/mol. The predicted octanol–water partition coefficient (Wildman–Crippen LogP) is 1.64. The zero-order valence-electron chi connectivity index (χ0n) is 14.4. The first-order valence-corrected chi connectivity index (χ1v) is 10.2. The van der Waals surface area contributed by atoms with Gasteiger partial charge in [0.1, 0.15) is 0 Å². The number of benzene rings is 2. The van der Waals surface area contributed by atoms with Crippen molar-refractivity contribution in [1.82, 2.24) is 9.80 Å². The molecule has 2 aromatic rings. The van der Waals surface area contributed by atoms with Gasteiger partial charge in [0, 0.05) is 30.6 Å². The van der Waals surface area contributed by atoms with Crippen molar-refractivity contribution in [2.75, 3.05) is 32.9 Å².